The van der Waals surface area contributed by atoms with E-state index in [4.69, 9.17) is 9.47 Å². The maximum Gasteiger partial charge on any atom is 0.295 e. The zero-order valence-electron chi connectivity index (χ0n) is 20.3. The monoisotopic (exact) mass is 500 g/mol. The smallest absolute Gasteiger partial charge is 0.295 e. The van der Waals surface area contributed by atoms with Crippen LogP contribution in [0.5, 0.6) is 11.5 Å². The molecular formula is C29H25FN2O5. The Balaban J connectivity index is 1.60. The molecule has 2 N–H and O–H groups in total. The highest BCUT2D eigenvalue weighted by Gasteiger charge is 2.46. The Labute approximate surface area is 212 Å². The van der Waals surface area contributed by atoms with Gasteiger partial charge in [-0.3, -0.25) is 9.59 Å². The summed E-state index contributed by atoms with van der Waals surface area (Å²) >= 11 is 0. The van der Waals surface area contributed by atoms with E-state index < -0.39 is 23.5 Å². The van der Waals surface area contributed by atoms with Crippen LogP contribution in [0.4, 0.5) is 4.39 Å². The SMILES string of the molecule is COc1ccc([C@@H]2C(=C(O)c3ccc(F)cc3)C(=O)C(=O)N2CCc2c[nH]c3ccccc23)cc1OC. The normalized spacial score (nSPS) is 16.9. The molecule has 0 bridgehead atoms. The molecule has 1 atom stereocenters. The summed E-state index contributed by atoms with van der Waals surface area (Å²) in [5, 5.41) is 12.2. The van der Waals surface area contributed by atoms with Gasteiger partial charge < -0.3 is 24.5 Å². The number of rotatable bonds is 7. The van der Waals surface area contributed by atoms with Gasteiger partial charge in [-0.1, -0.05) is 24.3 Å². The van der Waals surface area contributed by atoms with Crippen molar-refractivity contribution in [3.8, 4) is 11.5 Å². The highest BCUT2D eigenvalue weighted by Crippen LogP contribution is 2.42. The van der Waals surface area contributed by atoms with Gasteiger partial charge in [0, 0.05) is 29.2 Å². The third kappa shape index (κ3) is 4.31. The lowest BCUT2D eigenvalue weighted by molar-refractivity contribution is -0.139. The molecule has 1 saturated heterocycles. The first-order valence-electron chi connectivity index (χ1n) is 11.7. The first-order chi connectivity index (χ1) is 17.9. The van der Waals surface area contributed by atoms with Gasteiger partial charge in [0.1, 0.15) is 11.6 Å². The number of aliphatic hydroxyl groups excluding tert-OH is 1. The molecule has 1 aliphatic rings. The number of aromatic nitrogens is 1. The van der Waals surface area contributed by atoms with Gasteiger partial charge in [-0.05, 0) is 60.0 Å². The Morgan fingerprint density at radius 2 is 1.73 bits per heavy atom. The number of halogens is 1. The number of aromatic amines is 1. The molecule has 1 fully saturated rings. The molecule has 0 radical (unpaired) electrons. The summed E-state index contributed by atoms with van der Waals surface area (Å²) in [6.45, 7) is 0.228. The van der Waals surface area contributed by atoms with Crippen LogP contribution < -0.4 is 9.47 Å². The Morgan fingerprint density at radius 1 is 1.00 bits per heavy atom. The number of hydrogen-bond acceptors (Lipinski definition) is 5. The standard InChI is InChI=1S/C29H25FN2O5/c1-36-23-12-9-18(15-24(23)37-2)26-25(27(33)17-7-10-20(30)11-8-17)28(34)29(35)32(26)14-13-19-16-31-22-6-4-3-5-21(19)22/h3-12,15-16,26,31,33H,13-14H2,1-2H3/t26-/m1/s1. The topological polar surface area (TPSA) is 91.9 Å². The highest BCUT2D eigenvalue weighted by atomic mass is 19.1. The van der Waals surface area contributed by atoms with E-state index in [2.05, 4.69) is 4.98 Å². The van der Waals surface area contributed by atoms with Gasteiger partial charge in [0.2, 0.25) is 0 Å². The van der Waals surface area contributed by atoms with Crippen LogP contribution in [-0.2, 0) is 16.0 Å². The second kappa shape index (κ2) is 9.81. The molecule has 1 aromatic heterocycles. The Bertz CT molecular complexity index is 1520. The summed E-state index contributed by atoms with van der Waals surface area (Å²) in [6.07, 6.45) is 2.38. The minimum atomic E-state index is -0.880. The lowest BCUT2D eigenvalue weighted by atomic mass is 9.94. The Morgan fingerprint density at radius 3 is 2.46 bits per heavy atom. The Hall–Kier alpha value is -4.59. The van der Waals surface area contributed by atoms with E-state index in [1.165, 1.54) is 43.4 Å². The van der Waals surface area contributed by atoms with Crippen molar-refractivity contribution in [3.63, 3.8) is 0 Å². The summed E-state index contributed by atoms with van der Waals surface area (Å²) in [5.74, 6) is -1.46. The maximum absolute atomic E-state index is 13.5. The number of hydrogen-bond donors (Lipinski definition) is 2. The minimum Gasteiger partial charge on any atom is -0.507 e. The molecule has 7 nitrogen and oxygen atoms in total. The summed E-state index contributed by atoms with van der Waals surface area (Å²) < 4.78 is 24.3. The second-order valence-corrected chi connectivity index (χ2v) is 8.72. The fraction of sp³-hybridized carbons (Fsp3) is 0.172. The molecular weight excluding hydrogens is 475 g/mol. The number of ketones is 1. The minimum absolute atomic E-state index is 0.0669. The molecule has 0 unspecified atom stereocenters. The molecule has 1 aliphatic heterocycles. The van der Waals surface area contributed by atoms with Gasteiger partial charge in [0.05, 0.1) is 25.8 Å². The van der Waals surface area contributed by atoms with Crippen LogP contribution >= 0.6 is 0 Å². The number of methoxy groups -OCH3 is 2. The molecule has 2 heterocycles. The number of carbonyl (C=O) groups is 2. The van der Waals surface area contributed by atoms with Crippen molar-refractivity contribution in [1.82, 2.24) is 9.88 Å². The summed E-state index contributed by atoms with van der Waals surface area (Å²) in [5.41, 5.74) is 2.72. The lowest BCUT2D eigenvalue weighted by Gasteiger charge is -2.26. The third-order valence-electron chi connectivity index (χ3n) is 6.68. The van der Waals surface area contributed by atoms with E-state index in [9.17, 15) is 19.1 Å². The van der Waals surface area contributed by atoms with Gasteiger partial charge in [0.15, 0.2) is 11.5 Å². The van der Waals surface area contributed by atoms with Gasteiger partial charge in [-0.15, -0.1) is 0 Å². The zero-order chi connectivity index (χ0) is 26.1. The van der Waals surface area contributed by atoms with Crippen molar-refractivity contribution in [2.45, 2.75) is 12.5 Å². The van der Waals surface area contributed by atoms with Crippen molar-refractivity contribution < 1.29 is 28.6 Å². The second-order valence-electron chi connectivity index (χ2n) is 8.72. The predicted octanol–water partition coefficient (Wildman–Crippen LogP) is 4.99. The van der Waals surface area contributed by atoms with Gasteiger partial charge >= 0.3 is 0 Å². The Kier molecular flexibility index (Phi) is 6.40. The average Bonchev–Trinajstić information content (AvgIpc) is 3.45. The number of nitrogens with zero attached hydrogens (tertiary/aromatic N) is 1. The largest absolute Gasteiger partial charge is 0.507 e. The molecule has 1 amide bonds. The molecule has 0 aliphatic carbocycles. The fourth-order valence-electron chi connectivity index (χ4n) is 4.82. The average molecular weight is 501 g/mol. The molecule has 0 spiro atoms. The molecule has 5 rings (SSSR count). The van der Waals surface area contributed by atoms with Crippen molar-refractivity contribution in [3.05, 3.63) is 101 Å². The lowest BCUT2D eigenvalue weighted by Crippen LogP contribution is -2.31. The van der Waals surface area contributed by atoms with Crippen molar-refractivity contribution in [2.24, 2.45) is 0 Å². The summed E-state index contributed by atoms with van der Waals surface area (Å²) in [4.78, 5) is 31.3. The van der Waals surface area contributed by atoms with Crippen LogP contribution in [0.15, 0.2) is 78.5 Å². The van der Waals surface area contributed by atoms with Crippen LogP contribution in [0, 0.1) is 5.82 Å². The number of benzene rings is 3. The van der Waals surface area contributed by atoms with E-state index in [0.717, 1.165) is 16.5 Å². The van der Waals surface area contributed by atoms with E-state index in [-0.39, 0.29) is 23.4 Å². The molecule has 37 heavy (non-hydrogen) atoms. The number of aliphatic hydroxyl groups is 1. The number of H-pyrrole nitrogens is 1. The number of Topliss-reactive ketones (excluding diaryl/α,β-unsaturated/α-hetero) is 1. The number of ether oxygens (including phenoxy) is 2. The number of fused-ring (bicyclic) bond motifs is 1. The number of nitrogens with one attached hydrogen (secondary N) is 1. The van der Waals surface area contributed by atoms with Crippen LogP contribution in [-0.4, -0.2) is 47.4 Å². The van der Waals surface area contributed by atoms with Crippen LogP contribution in [0.25, 0.3) is 16.7 Å². The van der Waals surface area contributed by atoms with E-state index in [0.29, 0.717) is 23.5 Å². The van der Waals surface area contributed by atoms with Crippen molar-refractivity contribution in [1.29, 1.82) is 0 Å². The third-order valence-corrected chi connectivity index (χ3v) is 6.68. The fourth-order valence-corrected chi connectivity index (χ4v) is 4.82. The molecule has 4 aromatic rings. The molecule has 0 saturated carbocycles. The highest BCUT2D eigenvalue weighted by molar-refractivity contribution is 6.46. The maximum atomic E-state index is 13.5. The van der Waals surface area contributed by atoms with Gasteiger partial charge in [-0.25, -0.2) is 4.39 Å². The van der Waals surface area contributed by atoms with Crippen LogP contribution in [0.3, 0.4) is 0 Å². The van der Waals surface area contributed by atoms with E-state index in [1.54, 1.807) is 18.2 Å². The van der Waals surface area contributed by atoms with Gasteiger partial charge in [0.25, 0.3) is 11.7 Å². The number of likely N-dealkylation sites (tertiary alicyclic amines) is 1. The number of amides is 1. The first kappa shape index (κ1) is 24.1. The van der Waals surface area contributed by atoms with E-state index in [1.807, 2.05) is 30.5 Å². The summed E-state index contributed by atoms with van der Waals surface area (Å²) in [6, 6.07) is 17.2. The molecule has 188 valence electrons. The number of carbonyl (C=O) groups excluding carboxylic acids is 2. The predicted molar refractivity (Wildman–Crippen MR) is 137 cm³/mol. The van der Waals surface area contributed by atoms with Crippen molar-refractivity contribution >= 4 is 28.4 Å². The van der Waals surface area contributed by atoms with Gasteiger partial charge in [-0.2, -0.15) is 0 Å². The number of para-hydroxylation sites is 1. The van der Waals surface area contributed by atoms with Crippen molar-refractivity contribution in [2.75, 3.05) is 20.8 Å². The summed E-state index contributed by atoms with van der Waals surface area (Å²) in [7, 11) is 3.01. The van der Waals surface area contributed by atoms with Crippen LogP contribution in [0.1, 0.15) is 22.7 Å². The quantitative estimate of drug-likeness (QED) is 0.212. The zero-order valence-corrected chi connectivity index (χ0v) is 20.3. The van der Waals surface area contributed by atoms with Crippen LogP contribution in [0.2, 0.25) is 0 Å². The molecule has 8 heteroatoms. The van der Waals surface area contributed by atoms with E-state index >= 15 is 0 Å². The first-order valence-corrected chi connectivity index (χ1v) is 11.7. The molecule has 3 aromatic carbocycles.